The average Bonchev–Trinajstić information content (AvgIpc) is 2.82. The zero-order chi connectivity index (χ0) is 24.7. The molecule has 1 heterocycles. The summed E-state index contributed by atoms with van der Waals surface area (Å²) in [7, 11) is 1.65. The van der Waals surface area contributed by atoms with E-state index in [1.165, 1.54) is 11.0 Å². The van der Waals surface area contributed by atoms with Gasteiger partial charge in [0.2, 0.25) is 0 Å². The summed E-state index contributed by atoms with van der Waals surface area (Å²) in [5.41, 5.74) is 1.52. The van der Waals surface area contributed by atoms with Crippen LogP contribution in [0.15, 0.2) is 65.9 Å². The Bertz CT molecular complexity index is 1110. The Morgan fingerprint density at radius 2 is 1.59 bits per heavy atom. The molecule has 0 aromatic heterocycles. The van der Waals surface area contributed by atoms with Gasteiger partial charge < -0.3 is 25.0 Å². The number of carbonyl (C=O) groups excluding carboxylic acids is 4. The van der Waals surface area contributed by atoms with Crippen LogP contribution in [0, 0.1) is 0 Å². The molecule has 1 unspecified atom stereocenters. The summed E-state index contributed by atoms with van der Waals surface area (Å²) < 4.78 is 10.4. The average molecular weight is 466 g/mol. The number of urea groups is 1. The van der Waals surface area contributed by atoms with E-state index in [1.807, 2.05) is 30.3 Å². The molecule has 0 spiro atoms. The molecule has 2 N–H and O–H groups in total. The van der Waals surface area contributed by atoms with Crippen molar-refractivity contribution in [1.29, 1.82) is 0 Å². The van der Waals surface area contributed by atoms with Gasteiger partial charge in [-0.2, -0.15) is 0 Å². The van der Waals surface area contributed by atoms with Crippen molar-refractivity contribution in [3.05, 3.63) is 82.6 Å². The highest BCUT2D eigenvalue weighted by atomic mass is 16.5. The lowest BCUT2D eigenvalue weighted by Gasteiger charge is -2.26. The first-order valence-corrected chi connectivity index (χ1v) is 10.8. The van der Waals surface area contributed by atoms with Gasteiger partial charge in [0.15, 0.2) is 0 Å². The molecule has 34 heavy (non-hydrogen) atoms. The van der Waals surface area contributed by atoms with Crippen LogP contribution in [-0.4, -0.2) is 55.1 Å². The zero-order valence-electron chi connectivity index (χ0n) is 19.3. The lowest BCUT2D eigenvalue weighted by atomic mass is 10.0. The monoisotopic (exact) mass is 465 g/mol. The first-order chi connectivity index (χ1) is 16.3. The third-order valence-corrected chi connectivity index (χ3v) is 5.20. The SMILES string of the molecule is CCOC(=O)C1=C(COC(=O)c2ccccc2C(=O)N(C)Cc2ccccc2)NC(=O)NC1C. The van der Waals surface area contributed by atoms with Gasteiger partial charge >= 0.3 is 18.0 Å². The fourth-order valence-electron chi connectivity index (χ4n) is 3.59. The summed E-state index contributed by atoms with van der Waals surface area (Å²) in [6.07, 6.45) is 0. The fourth-order valence-corrected chi connectivity index (χ4v) is 3.59. The largest absolute Gasteiger partial charge is 0.463 e. The molecule has 1 aliphatic heterocycles. The lowest BCUT2D eigenvalue weighted by molar-refractivity contribution is -0.139. The summed E-state index contributed by atoms with van der Waals surface area (Å²) in [4.78, 5) is 51.7. The maximum Gasteiger partial charge on any atom is 0.339 e. The molecule has 178 valence electrons. The van der Waals surface area contributed by atoms with Gasteiger partial charge in [0.25, 0.3) is 5.91 Å². The quantitative estimate of drug-likeness (QED) is 0.580. The van der Waals surface area contributed by atoms with Crippen molar-refractivity contribution in [1.82, 2.24) is 15.5 Å². The van der Waals surface area contributed by atoms with Gasteiger partial charge in [0, 0.05) is 13.6 Å². The van der Waals surface area contributed by atoms with E-state index >= 15 is 0 Å². The van der Waals surface area contributed by atoms with Crippen LogP contribution in [0.4, 0.5) is 4.79 Å². The minimum absolute atomic E-state index is 0.0824. The number of amides is 3. The maximum absolute atomic E-state index is 13.1. The fraction of sp³-hybridized carbons (Fsp3) is 0.280. The van der Waals surface area contributed by atoms with Crippen LogP contribution in [0.1, 0.15) is 40.1 Å². The zero-order valence-corrected chi connectivity index (χ0v) is 19.3. The van der Waals surface area contributed by atoms with Gasteiger partial charge in [-0.1, -0.05) is 42.5 Å². The molecule has 3 amide bonds. The van der Waals surface area contributed by atoms with Crippen molar-refractivity contribution in [2.75, 3.05) is 20.3 Å². The Morgan fingerprint density at radius 1 is 0.941 bits per heavy atom. The highest BCUT2D eigenvalue weighted by Crippen LogP contribution is 2.18. The first-order valence-electron chi connectivity index (χ1n) is 10.8. The van der Waals surface area contributed by atoms with Crippen molar-refractivity contribution in [3.8, 4) is 0 Å². The number of benzene rings is 2. The van der Waals surface area contributed by atoms with Crippen molar-refractivity contribution in [2.45, 2.75) is 26.4 Å². The van der Waals surface area contributed by atoms with E-state index < -0.39 is 24.0 Å². The van der Waals surface area contributed by atoms with Crippen LogP contribution < -0.4 is 10.6 Å². The molecule has 0 aliphatic carbocycles. The van der Waals surface area contributed by atoms with E-state index in [2.05, 4.69) is 10.6 Å². The molecule has 0 fully saturated rings. The standard InChI is InChI=1S/C25H27N3O6/c1-4-33-24(31)21-16(2)26-25(32)27-20(21)15-34-23(30)19-13-9-8-12-18(19)22(29)28(3)14-17-10-6-5-7-11-17/h5-13,16H,4,14-15H2,1-3H3,(H2,26,27,32). The van der Waals surface area contributed by atoms with Crippen molar-refractivity contribution in [2.24, 2.45) is 0 Å². The number of carbonyl (C=O) groups is 4. The molecular weight excluding hydrogens is 438 g/mol. The first kappa shape index (κ1) is 24.5. The topological polar surface area (TPSA) is 114 Å². The van der Waals surface area contributed by atoms with E-state index in [4.69, 9.17) is 9.47 Å². The van der Waals surface area contributed by atoms with Crippen LogP contribution in [0.2, 0.25) is 0 Å². The van der Waals surface area contributed by atoms with E-state index in [-0.39, 0.29) is 41.5 Å². The van der Waals surface area contributed by atoms with Crippen LogP contribution in [-0.2, 0) is 20.8 Å². The van der Waals surface area contributed by atoms with E-state index in [0.717, 1.165) is 5.56 Å². The molecular formula is C25H27N3O6. The molecule has 3 rings (SSSR count). The lowest BCUT2D eigenvalue weighted by Crippen LogP contribution is -2.50. The molecule has 0 radical (unpaired) electrons. The summed E-state index contributed by atoms with van der Waals surface area (Å²) in [5.74, 6) is -1.72. The number of hydrogen-bond acceptors (Lipinski definition) is 6. The molecule has 2 aromatic carbocycles. The Morgan fingerprint density at radius 3 is 2.26 bits per heavy atom. The minimum Gasteiger partial charge on any atom is -0.463 e. The van der Waals surface area contributed by atoms with Gasteiger partial charge in [-0.3, -0.25) is 4.79 Å². The van der Waals surface area contributed by atoms with Gasteiger partial charge in [-0.15, -0.1) is 0 Å². The number of ether oxygens (including phenoxy) is 2. The Kier molecular flexibility index (Phi) is 8.02. The van der Waals surface area contributed by atoms with Gasteiger partial charge in [0.05, 0.1) is 35.0 Å². The van der Waals surface area contributed by atoms with Crippen LogP contribution in [0.25, 0.3) is 0 Å². The van der Waals surface area contributed by atoms with E-state index in [0.29, 0.717) is 6.54 Å². The molecule has 0 bridgehead atoms. The predicted molar refractivity (Wildman–Crippen MR) is 124 cm³/mol. The molecule has 0 saturated heterocycles. The number of nitrogens with zero attached hydrogens (tertiary/aromatic N) is 1. The number of rotatable bonds is 8. The third kappa shape index (κ3) is 5.80. The number of hydrogen-bond donors (Lipinski definition) is 2. The summed E-state index contributed by atoms with van der Waals surface area (Å²) in [6.45, 7) is 3.45. The third-order valence-electron chi connectivity index (χ3n) is 5.20. The summed E-state index contributed by atoms with van der Waals surface area (Å²) in [5, 5.41) is 5.08. The molecule has 1 atom stereocenters. The summed E-state index contributed by atoms with van der Waals surface area (Å²) >= 11 is 0. The van der Waals surface area contributed by atoms with E-state index in [1.54, 1.807) is 39.1 Å². The highest BCUT2D eigenvalue weighted by molar-refractivity contribution is 6.05. The molecule has 9 nitrogen and oxygen atoms in total. The Labute approximate surface area is 197 Å². The molecule has 0 saturated carbocycles. The van der Waals surface area contributed by atoms with Gasteiger partial charge in [-0.25, -0.2) is 14.4 Å². The normalized spacial score (nSPS) is 15.1. The number of esters is 2. The smallest absolute Gasteiger partial charge is 0.339 e. The van der Waals surface area contributed by atoms with E-state index in [9.17, 15) is 19.2 Å². The van der Waals surface area contributed by atoms with Crippen LogP contribution in [0.5, 0.6) is 0 Å². The second-order valence-electron chi connectivity index (χ2n) is 7.70. The second-order valence-corrected chi connectivity index (χ2v) is 7.70. The molecule has 2 aromatic rings. The van der Waals surface area contributed by atoms with Crippen molar-refractivity contribution < 1.29 is 28.7 Å². The minimum atomic E-state index is -0.756. The molecule has 1 aliphatic rings. The Balaban J connectivity index is 1.77. The number of nitrogens with one attached hydrogen (secondary N) is 2. The second kappa shape index (κ2) is 11.1. The highest BCUT2D eigenvalue weighted by Gasteiger charge is 2.30. The van der Waals surface area contributed by atoms with Crippen LogP contribution in [0.3, 0.4) is 0 Å². The van der Waals surface area contributed by atoms with Gasteiger partial charge in [-0.05, 0) is 31.5 Å². The van der Waals surface area contributed by atoms with Gasteiger partial charge in [0.1, 0.15) is 6.61 Å². The predicted octanol–water partition coefficient (Wildman–Crippen LogP) is 2.63. The van der Waals surface area contributed by atoms with Crippen LogP contribution >= 0.6 is 0 Å². The Hall–Kier alpha value is -4.14. The van der Waals surface area contributed by atoms with Crippen molar-refractivity contribution in [3.63, 3.8) is 0 Å². The summed E-state index contributed by atoms with van der Waals surface area (Å²) in [6, 6.07) is 14.7. The van der Waals surface area contributed by atoms with Crippen molar-refractivity contribution >= 4 is 23.9 Å². The molecule has 9 heteroatoms. The maximum atomic E-state index is 13.1.